The summed E-state index contributed by atoms with van der Waals surface area (Å²) in [4.78, 5) is 0. The molecule has 170 valence electrons. The molecule has 6 rings (SSSR count). The molecule has 1 aromatic heterocycles. The number of hydrogen-bond acceptors (Lipinski definition) is 0. The van der Waals surface area contributed by atoms with Crippen LogP contribution in [0, 0.1) is 0 Å². The highest BCUT2D eigenvalue weighted by Crippen LogP contribution is 2.34. The maximum atomic E-state index is 2.43. The van der Waals surface area contributed by atoms with Crippen LogP contribution in [0.2, 0.25) is 0 Å². The summed E-state index contributed by atoms with van der Waals surface area (Å²) < 4.78 is 2.43. The summed E-state index contributed by atoms with van der Waals surface area (Å²) >= 11 is 0. The van der Waals surface area contributed by atoms with E-state index in [-0.39, 0.29) is 5.41 Å². The molecular weight excluding hydrogens is 422 g/mol. The highest BCUT2D eigenvalue weighted by molar-refractivity contribution is 6.19. The first-order chi connectivity index (χ1) is 17.0. The molecule has 0 aliphatic rings. The van der Waals surface area contributed by atoms with Gasteiger partial charge in [0, 0.05) is 16.5 Å². The number of rotatable bonds is 1. The smallest absolute Gasteiger partial charge is 0.0540 e. The van der Waals surface area contributed by atoms with Crippen LogP contribution in [-0.4, -0.2) is 4.57 Å². The Bertz CT molecular complexity index is 1660. The molecular formula is C34H29N. The SMILES string of the molecule is CC(C)(C)c1ccc(-n2c3ccccc3c3ccccc3c3ccccc3c3ccccc32)cc1. The molecule has 0 radical (unpaired) electrons. The number of fused-ring (bicyclic) bond motifs is 7. The van der Waals surface area contributed by atoms with Gasteiger partial charge in [-0.2, -0.15) is 0 Å². The number of nitrogens with zero attached hydrogens (tertiary/aromatic N) is 1. The van der Waals surface area contributed by atoms with Crippen molar-refractivity contribution in [2.75, 3.05) is 0 Å². The fourth-order valence-corrected chi connectivity index (χ4v) is 5.22. The maximum absolute atomic E-state index is 2.43. The first kappa shape index (κ1) is 21.4. The lowest BCUT2D eigenvalue weighted by Crippen LogP contribution is -2.11. The molecule has 6 aromatic rings. The molecule has 0 saturated heterocycles. The summed E-state index contributed by atoms with van der Waals surface area (Å²) in [6.07, 6.45) is 0. The minimum absolute atomic E-state index is 0.111. The highest BCUT2D eigenvalue weighted by atomic mass is 15.0. The van der Waals surface area contributed by atoms with Gasteiger partial charge in [-0.3, -0.25) is 0 Å². The molecule has 0 aliphatic heterocycles. The molecule has 0 atom stereocenters. The van der Waals surface area contributed by atoms with Gasteiger partial charge in [-0.15, -0.1) is 0 Å². The van der Waals surface area contributed by atoms with Crippen molar-refractivity contribution < 1.29 is 0 Å². The van der Waals surface area contributed by atoms with Crippen molar-refractivity contribution in [1.82, 2.24) is 4.57 Å². The normalized spacial score (nSPS) is 11.9. The van der Waals surface area contributed by atoms with Crippen LogP contribution in [0.5, 0.6) is 0 Å². The highest BCUT2D eigenvalue weighted by Gasteiger charge is 2.14. The standard InChI is InChI=1S/C34H29N/c1-34(2,3)24-20-22-25(23-21-24)35-32-18-10-8-16-30(32)28-14-6-4-12-26(28)27-13-5-7-15-29(27)31-17-9-11-19-33(31)35/h4-23H,1-3H3. The molecule has 0 aliphatic carbocycles. The Hall–Kier alpha value is -4.10. The van der Waals surface area contributed by atoms with Crippen molar-refractivity contribution in [2.24, 2.45) is 0 Å². The van der Waals surface area contributed by atoms with Crippen LogP contribution in [-0.2, 0) is 5.41 Å². The van der Waals surface area contributed by atoms with E-state index in [0.717, 1.165) is 5.69 Å². The summed E-state index contributed by atoms with van der Waals surface area (Å²) in [5, 5.41) is 7.48. The second-order valence-electron chi connectivity index (χ2n) is 10.3. The third kappa shape index (κ3) is 3.65. The lowest BCUT2D eigenvalue weighted by molar-refractivity contribution is 0.590. The summed E-state index contributed by atoms with van der Waals surface area (Å²) in [7, 11) is 0. The Morgan fingerprint density at radius 3 is 1.14 bits per heavy atom. The van der Waals surface area contributed by atoms with Crippen molar-refractivity contribution in [3.63, 3.8) is 0 Å². The second kappa shape index (κ2) is 8.29. The predicted octanol–water partition coefficient (Wildman–Crippen LogP) is 9.51. The first-order valence-electron chi connectivity index (χ1n) is 12.3. The Balaban J connectivity index is 1.93. The van der Waals surface area contributed by atoms with E-state index in [4.69, 9.17) is 0 Å². The molecule has 0 N–H and O–H groups in total. The Morgan fingerprint density at radius 1 is 0.400 bits per heavy atom. The molecule has 5 aromatic carbocycles. The van der Waals surface area contributed by atoms with E-state index in [1.807, 2.05) is 0 Å². The van der Waals surface area contributed by atoms with Crippen molar-refractivity contribution in [2.45, 2.75) is 26.2 Å². The fourth-order valence-electron chi connectivity index (χ4n) is 5.22. The van der Waals surface area contributed by atoms with Crippen LogP contribution in [0.3, 0.4) is 0 Å². The van der Waals surface area contributed by atoms with E-state index < -0.39 is 0 Å². The molecule has 0 fully saturated rings. The van der Waals surface area contributed by atoms with Crippen molar-refractivity contribution >= 4 is 43.4 Å². The van der Waals surface area contributed by atoms with Crippen LogP contribution in [0.25, 0.3) is 49.0 Å². The molecule has 0 amide bonds. The largest absolute Gasteiger partial charge is 0.309 e. The predicted molar refractivity (Wildman–Crippen MR) is 152 cm³/mol. The maximum Gasteiger partial charge on any atom is 0.0540 e. The van der Waals surface area contributed by atoms with E-state index in [1.165, 1.54) is 48.9 Å². The van der Waals surface area contributed by atoms with Crippen LogP contribution in [0.1, 0.15) is 26.3 Å². The zero-order valence-electron chi connectivity index (χ0n) is 20.5. The van der Waals surface area contributed by atoms with Gasteiger partial charge in [-0.1, -0.05) is 118 Å². The van der Waals surface area contributed by atoms with Gasteiger partial charge >= 0.3 is 0 Å². The Morgan fingerprint density at radius 2 is 0.743 bits per heavy atom. The van der Waals surface area contributed by atoms with Gasteiger partial charge in [0.1, 0.15) is 0 Å². The van der Waals surface area contributed by atoms with Crippen molar-refractivity contribution in [3.05, 3.63) is 127 Å². The lowest BCUT2D eigenvalue weighted by atomic mass is 9.87. The van der Waals surface area contributed by atoms with Crippen molar-refractivity contribution in [1.29, 1.82) is 0 Å². The molecule has 0 bridgehead atoms. The molecule has 1 heterocycles. The molecule has 35 heavy (non-hydrogen) atoms. The Kier molecular flexibility index (Phi) is 5.07. The van der Waals surface area contributed by atoms with Crippen LogP contribution in [0.4, 0.5) is 0 Å². The zero-order chi connectivity index (χ0) is 24.0. The van der Waals surface area contributed by atoms with Crippen molar-refractivity contribution in [3.8, 4) is 5.69 Å². The van der Waals surface area contributed by atoms with Crippen LogP contribution >= 0.6 is 0 Å². The van der Waals surface area contributed by atoms with Gasteiger partial charge in [0.2, 0.25) is 0 Å². The topological polar surface area (TPSA) is 4.93 Å². The van der Waals surface area contributed by atoms with E-state index in [1.54, 1.807) is 0 Å². The van der Waals surface area contributed by atoms with E-state index in [0.29, 0.717) is 0 Å². The van der Waals surface area contributed by atoms with Gasteiger partial charge in [0.05, 0.1) is 11.0 Å². The van der Waals surface area contributed by atoms with Gasteiger partial charge in [-0.25, -0.2) is 0 Å². The summed E-state index contributed by atoms with van der Waals surface area (Å²) in [5.41, 5.74) is 4.98. The van der Waals surface area contributed by atoms with Gasteiger partial charge in [-0.05, 0) is 56.8 Å². The average Bonchev–Trinajstić information content (AvgIpc) is 2.93. The van der Waals surface area contributed by atoms with Gasteiger partial charge in [0.25, 0.3) is 0 Å². The third-order valence-corrected chi connectivity index (χ3v) is 7.01. The van der Waals surface area contributed by atoms with Crippen LogP contribution in [0.15, 0.2) is 121 Å². The molecule has 0 spiro atoms. The zero-order valence-corrected chi connectivity index (χ0v) is 20.5. The second-order valence-corrected chi connectivity index (χ2v) is 10.3. The van der Waals surface area contributed by atoms with E-state index >= 15 is 0 Å². The number of para-hydroxylation sites is 2. The summed E-state index contributed by atoms with van der Waals surface area (Å²) in [6, 6.07) is 44.2. The van der Waals surface area contributed by atoms with E-state index in [2.05, 4.69) is 147 Å². The monoisotopic (exact) mass is 451 g/mol. The van der Waals surface area contributed by atoms with Gasteiger partial charge < -0.3 is 4.57 Å². The molecule has 1 nitrogen and oxygen atoms in total. The summed E-state index contributed by atoms with van der Waals surface area (Å²) in [6.45, 7) is 6.79. The minimum Gasteiger partial charge on any atom is -0.309 e. The first-order valence-corrected chi connectivity index (χ1v) is 12.3. The molecule has 0 unspecified atom stereocenters. The average molecular weight is 452 g/mol. The summed E-state index contributed by atoms with van der Waals surface area (Å²) in [5.74, 6) is 0. The van der Waals surface area contributed by atoms with E-state index in [9.17, 15) is 0 Å². The molecule has 1 heteroatoms. The number of aromatic nitrogens is 1. The number of hydrogen-bond donors (Lipinski definition) is 0. The Labute approximate surface area is 206 Å². The minimum atomic E-state index is 0.111. The third-order valence-electron chi connectivity index (χ3n) is 7.01. The van der Waals surface area contributed by atoms with Gasteiger partial charge in [0.15, 0.2) is 0 Å². The fraction of sp³-hybridized carbons (Fsp3) is 0.118. The lowest BCUT2D eigenvalue weighted by Gasteiger charge is -2.20. The number of benzene rings is 5. The quantitative estimate of drug-likeness (QED) is 0.234. The van der Waals surface area contributed by atoms with Crippen LogP contribution < -0.4 is 0 Å². The molecule has 0 saturated carbocycles.